The Labute approximate surface area is 130 Å². The van der Waals surface area contributed by atoms with Gasteiger partial charge < -0.3 is 0 Å². The topological polar surface area (TPSA) is 17.1 Å². The normalized spacial score (nSPS) is 10.7. The highest BCUT2D eigenvalue weighted by Gasteiger charge is 2.15. The lowest BCUT2D eigenvalue weighted by Gasteiger charge is -2.04. The first-order chi connectivity index (χ1) is 10.5. The number of halogens is 2. The zero-order valence-corrected chi connectivity index (χ0v) is 12.6. The van der Waals surface area contributed by atoms with E-state index in [0.717, 1.165) is 21.6 Å². The molecule has 3 rings (SSSR count). The second-order valence-electron chi connectivity index (χ2n) is 4.92. The summed E-state index contributed by atoms with van der Waals surface area (Å²) in [6, 6.07) is 14.1. The Bertz CT molecular complexity index is 754. The number of carbonyl (C=O) groups excluding carboxylic acids is 1. The number of hydrogen-bond donors (Lipinski definition) is 0. The summed E-state index contributed by atoms with van der Waals surface area (Å²) in [5.74, 6) is -0.647. The summed E-state index contributed by atoms with van der Waals surface area (Å²) in [4.78, 5) is 13.2. The summed E-state index contributed by atoms with van der Waals surface area (Å²) in [5.41, 5.74) is 2.50. The van der Waals surface area contributed by atoms with E-state index in [4.69, 9.17) is 0 Å². The first kappa shape index (κ1) is 14.6. The van der Waals surface area contributed by atoms with Gasteiger partial charge in [0.2, 0.25) is 0 Å². The van der Waals surface area contributed by atoms with Gasteiger partial charge in [-0.05, 0) is 48.4 Å². The smallest absolute Gasteiger partial charge is 0.169 e. The molecule has 0 N–H and O–H groups in total. The lowest BCUT2D eigenvalue weighted by Crippen LogP contribution is -1.84. The monoisotopic (exact) mass is 314 g/mol. The first-order valence-corrected chi connectivity index (χ1v) is 7.53. The standard InChI is InChI=1S/C18H12F2OS/c1-11(21)17-10-16(12-2-6-14(19)7-3-12)18(22-17)13-4-8-15(20)9-5-13/h2-10H,1H3. The molecule has 0 fully saturated rings. The zero-order chi connectivity index (χ0) is 15.7. The van der Waals surface area contributed by atoms with E-state index in [1.54, 1.807) is 30.3 Å². The molecular formula is C18H12F2OS. The van der Waals surface area contributed by atoms with Gasteiger partial charge in [-0.1, -0.05) is 24.3 Å². The Balaban J connectivity index is 2.17. The molecule has 3 aromatic rings. The highest BCUT2D eigenvalue weighted by atomic mass is 32.1. The first-order valence-electron chi connectivity index (χ1n) is 6.71. The molecule has 0 saturated carbocycles. The van der Waals surface area contributed by atoms with Crippen molar-refractivity contribution in [3.63, 3.8) is 0 Å². The molecule has 0 aliphatic rings. The van der Waals surface area contributed by atoms with Gasteiger partial charge in [-0.25, -0.2) is 8.78 Å². The summed E-state index contributed by atoms with van der Waals surface area (Å²) in [6.07, 6.45) is 0. The lowest BCUT2D eigenvalue weighted by molar-refractivity contribution is 0.102. The van der Waals surface area contributed by atoms with Gasteiger partial charge in [0.1, 0.15) is 11.6 Å². The molecule has 1 heterocycles. The Morgan fingerprint density at radius 2 is 1.36 bits per heavy atom. The fourth-order valence-corrected chi connectivity index (χ4v) is 3.31. The fourth-order valence-electron chi connectivity index (χ4n) is 2.22. The number of thiophene rings is 1. The summed E-state index contributed by atoms with van der Waals surface area (Å²) >= 11 is 1.36. The minimum atomic E-state index is -0.311. The number of Topliss-reactive ketones (excluding diaryl/α,β-unsaturated/α-hetero) is 1. The number of benzene rings is 2. The number of ketones is 1. The van der Waals surface area contributed by atoms with Gasteiger partial charge >= 0.3 is 0 Å². The average molecular weight is 314 g/mol. The minimum Gasteiger partial charge on any atom is -0.294 e. The van der Waals surface area contributed by atoms with Gasteiger partial charge in [0, 0.05) is 10.4 Å². The van der Waals surface area contributed by atoms with Crippen molar-refractivity contribution in [2.75, 3.05) is 0 Å². The molecule has 22 heavy (non-hydrogen) atoms. The van der Waals surface area contributed by atoms with Crippen LogP contribution in [0.3, 0.4) is 0 Å². The summed E-state index contributed by atoms with van der Waals surface area (Å²) in [7, 11) is 0. The van der Waals surface area contributed by atoms with E-state index in [9.17, 15) is 13.6 Å². The molecule has 110 valence electrons. The molecule has 4 heteroatoms. The number of carbonyl (C=O) groups is 1. The van der Waals surface area contributed by atoms with E-state index in [0.29, 0.717) is 4.88 Å². The molecule has 2 aromatic carbocycles. The van der Waals surface area contributed by atoms with Crippen molar-refractivity contribution in [3.8, 4) is 21.6 Å². The van der Waals surface area contributed by atoms with E-state index in [-0.39, 0.29) is 17.4 Å². The summed E-state index contributed by atoms with van der Waals surface area (Å²) in [6.45, 7) is 1.51. The van der Waals surface area contributed by atoms with Crippen LogP contribution in [0.5, 0.6) is 0 Å². The Morgan fingerprint density at radius 1 is 0.864 bits per heavy atom. The van der Waals surface area contributed by atoms with Gasteiger partial charge in [-0.15, -0.1) is 11.3 Å². The predicted molar refractivity (Wildman–Crippen MR) is 85.1 cm³/mol. The summed E-state index contributed by atoms with van der Waals surface area (Å²) in [5, 5.41) is 0. The average Bonchev–Trinajstić information content (AvgIpc) is 2.94. The second kappa shape index (κ2) is 5.81. The highest BCUT2D eigenvalue weighted by molar-refractivity contribution is 7.18. The maximum atomic E-state index is 13.1. The van der Waals surface area contributed by atoms with Crippen LogP contribution in [0, 0.1) is 11.6 Å². The molecule has 0 aliphatic heterocycles. The Hall–Kier alpha value is -2.33. The second-order valence-corrected chi connectivity index (χ2v) is 5.98. The van der Waals surface area contributed by atoms with Gasteiger partial charge in [-0.3, -0.25) is 4.79 Å². The molecule has 0 atom stereocenters. The van der Waals surface area contributed by atoms with Crippen molar-refractivity contribution < 1.29 is 13.6 Å². The van der Waals surface area contributed by atoms with Crippen LogP contribution >= 0.6 is 11.3 Å². The van der Waals surface area contributed by atoms with Crippen LogP contribution in [0.25, 0.3) is 21.6 Å². The van der Waals surface area contributed by atoms with E-state index in [1.807, 2.05) is 0 Å². The van der Waals surface area contributed by atoms with Crippen molar-refractivity contribution in [3.05, 3.63) is 71.1 Å². The Kier molecular flexibility index (Phi) is 3.86. The predicted octanol–water partition coefficient (Wildman–Crippen LogP) is 5.56. The molecule has 0 saturated heterocycles. The molecular weight excluding hydrogens is 302 g/mol. The quantitative estimate of drug-likeness (QED) is 0.578. The fraction of sp³-hybridized carbons (Fsp3) is 0.0556. The van der Waals surface area contributed by atoms with Gasteiger partial charge in [0.15, 0.2) is 5.78 Å². The molecule has 0 aliphatic carbocycles. The maximum absolute atomic E-state index is 13.1. The van der Waals surface area contributed by atoms with Crippen molar-refractivity contribution in [2.24, 2.45) is 0 Å². The Morgan fingerprint density at radius 3 is 1.86 bits per heavy atom. The molecule has 0 bridgehead atoms. The SMILES string of the molecule is CC(=O)c1cc(-c2ccc(F)cc2)c(-c2ccc(F)cc2)s1. The summed E-state index contributed by atoms with van der Waals surface area (Å²) < 4.78 is 26.2. The molecule has 0 spiro atoms. The van der Waals surface area contributed by atoms with Crippen LogP contribution in [-0.2, 0) is 0 Å². The van der Waals surface area contributed by atoms with Crippen LogP contribution in [-0.4, -0.2) is 5.78 Å². The van der Waals surface area contributed by atoms with Crippen molar-refractivity contribution >= 4 is 17.1 Å². The van der Waals surface area contributed by atoms with Gasteiger partial charge in [-0.2, -0.15) is 0 Å². The van der Waals surface area contributed by atoms with Crippen molar-refractivity contribution in [1.82, 2.24) is 0 Å². The van der Waals surface area contributed by atoms with Crippen LogP contribution in [0.15, 0.2) is 54.6 Å². The van der Waals surface area contributed by atoms with E-state index >= 15 is 0 Å². The lowest BCUT2D eigenvalue weighted by atomic mass is 10.0. The third kappa shape index (κ3) is 2.83. The maximum Gasteiger partial charge on any atom is 0.169 e. The van der Waals surface area contributed by atoms with Crippen molar-refractivity contribution in [2.45, 2.75) is 6.92 Å². The van der Waals surface area contributed by atoms with E-state index < -0.39 is 0 Å². The van der Waals surface area contributed by atoms with Gasteiger partial charge in [0.25, 0.3) is 0 Å². The highest BCUT2D eigenvalue weighted by Crippen LogP contribution is 2.39. The number of hydrogen-bond acceptors (Lipinski definition) is 2. The van der Waals surface area contributed by atoms with Crippen LogP contribution < -0.4 is 0 Å². The minimum absolute atomic E-state index is 0.0262. The largest absolute Gasteiger partial charge is 0.294 e. The van der Waals surface area contributed by atoms with Crippen LogP contribution in [0.4, 0.5) is 8.78 Å². The molecule has 1 nitrogen and oxygen atoms in total. The third-order valence-corrected chi connectivity index (χ3v) is 4.63. The molecule has 0 unspecified atom stereocenters. The third-order valence-electron chi connectivity index (χ3n) is 3.34. The van der Waals surface area contributed by atoms with Gasteiger partial charge in [0.05, 0.1) is 4.88 Å². The number of rotatable bonds is 3. The van der Waals surface area contributed by atoms with Crippen LogP contribution in [0.1, 0.15) is 16.6 Å². The van der Waals surface area contributed by atoms with E-state index in [2.05, 4.69) is 0 Å². The zero-order valence-electron chi connectivity index (χ0n) is 11.8. The molecule has 0 amide bonds. The molecule has 0 radical (unpaired) electrons. The van der Waals surface area contributed by atoms with Crippen molar-refractivity contribution in [1.29, 1.82) is 0 Å². The van der Waals surface area contributed by atoms with Crippen LogP contribution in [0.2, 0.25) is 0 Å². The van der Waals surface area contributed by atoms with E-state index in [1.165, 1.54) is 42.5 Å². The molecule has 1 aromatic heterocycles.